The molecule has 2 rings (SSSR count). The summed E-state index contributed by atoms with van der Waals surface area (Å²) in [6.07, 6.45) is 3.03. The molecule has 102 valence electrons. The van der Waals surface area contributed by atoms with Crippen LogP contribution in [0, 0.1) is 0 Å². The minimum atomic E-state index is -1.20. The number of pyridine rings is 1. The summed E-state index contributed by atoms with van der Waals surface area (Å²) in [6.45, 7) is 1.16. The number of hydrogen-bond acceptors (Lipinski definition) is 3. The average Bonchev–Trinajstić information content (AvgIpc) is 2.41. The number of aromatic nitrogens is 1. The highest BCUT2D eigenvalue weighted by atomic mass is 16.4. The molecule has 1 aliphatic rings. The van der Waals surface area contributed by atoms with Crippen LogP contribution < -0.4 is 5.56 Å². The number of piperidine rings is 1. The Labute approximate surface area is 110 Å². The molecule has 1 fully saturated rings. The molecule has 1 aliphatic heterocycles. The zero-order valence-electron chi connectivity index (χ0n) is 10.5. The monoisotopic (exact) mass is 264 g/mol. The summed E-state index contributed by atoms with van der Waals surface area (Å²) in [5.74, 6) is -1.40. The third-order valence-corrected chi connectivity index (χ3v) is 3.27. The molecular formula is C13H16N2O4. The lowest BCUT2D eigenvalue weighted by atomic mass is 10.1. The molecule has 6 nitrogen and oxygen atoms in total. The Hall–Kier alpha value is -2.11. The summed E-state index contributed by atoms with van der Waals surface area (Å²) in [7, 11) is 0. The van der Waals surface area contributed by atoms with E-state index in [2.05, 4.69) is 0 Å². The molecule has 0 radical (unpaired) electrons. The summed E-state index contributed by atoms with van der Waals surface area (Å²) in [4.78, 5) is 36.5. The highest BCUT2D eigenvalue weighted by Gasteiger charge is 2.19. The number of rotatable bonds is 3. The van der Waals surface area contributed by atoms with Gasteiger partial charge in [-0.2, -0.15) is 0 Å². The molecule has 0 aromatic carbocycles. The maximum atomic E-state index is 12.1. The zero-order chi connectivity index (χ0) is 13.8. The molecular weight excluding hydrogens is 248 g/mol. The Morgan fingerprint density at radius 2 is 1.84 bits per heavy atom. The molecule has 19 heavy (non-hydrogen) atoms. The van der Waals surface area contributed by atoms with E-state index in [0.29, 0.717) is 13.1 Å². The van der Waals surface area contributed by atoms with Crippen molar-refractivity contribution in [1.82, 2.24) is 9.47 Å². The van der Waals surface area contributed by atoms with Crippen LogP contribution >= 0.6 is 0 Å². The van der Waals surface area contributed by atoms with Gasteiger partial charge in [0.05, 0.1) is 0 Å². The van der Waals surface area contributed by atoms with E-state index in [9.17, 15) is 14.4 Å². The largest absolute Gasteiger partial charge is 0.477 e. The number of carbonyl (C=O) groups excluding carboxylic acids is 1. The molecule has 0 saturated carbocycles. The summed E-state index contributed by atoms with van der Waals surface area (Å²) >= 11 is 0. The van der Waals surface area contributed by atoms with Gasteiger partial charge in [0.15, 0.2) is 0 Å². The molecule has 6 heteroatoms. The smallest absolute Gasteiger partial charge is 0.352 e. The number of amides is 1. The number of aromatic carboxylic acids is 1. The first-order valence-corrected chi connectivity index (χ1v) is 6.30. The SMILES string of the molecule is O=C(O)c1cccc(=O)n1CC(=O)N1CCCCC1. The summed E-state index contributed by atoms with van der Waals surface area (Å²) in [5, 5.41) is 9.03. The molecule has 0 unspecified atom stereocenters. The van der Waals surface area contributed by atoms with Gasteiger partial charge in [-0.1, -0.05) is 6.07 Å². The second-order valence-corrected chi connectivity index (χ2v) is 4.58. The number of carboxylic acids is 1. The molecule has 1 N–H and O–H groups in total. The van der Waals surface area contributed by atoms with Crippen molar-refractivity contribution < 1.29 is 14.7 Å². The Kier molecular flexibility index (Phi) is 3.99. The van der Waals surface area contributed by atoms with Crippen LogP contribution in [-0.4, -0.2) is 39.5 Å². The number of carbonyl (C=O) groups is 2. The van der Waals surface area contributed by atoms with Crippen LogP contribution in [-0.2, 0) is 11.3 Å². The fraction of sp³-hybridized carbons (Fsp3) is 0.462. The van der Waals surface area contributed by atoms with Crippen LogP contribution in [0.25, 0.3) is 0 Å². The van der Waals surface area contributed by atoms with Crippen molar-refractivity contribution in [2.75, 3.05) is 13.1 Å². The Morgan fingerprint density at radius 3 is 2.47 bits per heavy atom. The van der Waals surface area contributed by atoms with Gasteiger partial charge in [0.25, 0.3) is 5.56 Å². The van der Waals surface area contributed by atoms with E-state index < -0.39 is 11.5 Å². The molecule has 0 bridgehead atoms. The minimum absolute atomic E-state index is 0.155. The van der Waals surface area contributed by atoms with Crippen LogP contribution in [0.15, 0.2) is 23.0 Å². The highest BCUT2D eigenvalue weighted by molar-refractivity contribution is 5.86. The van der Waals surface area contributed by atoms with Crippen molar-refractivity contribution in [2.45, 2.75) is 25.8 Å². The van der Waals surface area contributed by atoms with Crippen LogP contribution in [0.4, 0.5) is 0 Å². The zero-order valence-corrected chi connectivity index (χ0v) is 10.5. The van der Waals surface area contributed by atoms with Crippen LogP contribution in [0.5, 0.6) is 0 Å². The number of likely N-dealkylation sites (tertiary alicyclic amines) is 1. The summed E-state index contributed by atoms with van der Waals surface area (Å²) in [6, 6.07) is 3.97. The van der Waals surface area contributed by atoms with Crippen molar-refractivity contribution in [3.05, 3.63) is 34.2 Å². The van der Waals surface area contributed by atoms with Crippen molar-refractivity contribution in [2.24, 2.45) is 0 Å². The summed E-state index contributed by atoms with van der Waals surface area (Å²) < 4.78 is 1.01. The van der Waals surface area contributed by atoms with Gasteiger partial charge in [-0.3, -0.25) is 14.2 Å². The predicted octanol–water partition coefficient (Wildman–Crippen LogP) is 0.559. The Bertz CT molecular complexity index is 544. The van der Waals surface area contributed by atoms with Gasteiger partial charge in [-0.05, 0) is 25.3 Å². The second kappa shape index (κ2) is 5.69. The van der Waals surface area contributed by atoms with E-state index in [0.717, 1.165) is 23.8 Å². The van der Waals surface area contributed by atoms with Crippen molar-refractivity contribution in [3.8, 4) is 0 Å². The molecule has 0 atom stereocenters. The highest BCUT2D eigenvalue weighted by Crippen LogP contribution is 2.09. The van der Waals surface area contributed by atoms with Crippen molar-refractivity contribution in [1.29, 1.82) is 0 Å². The summed E-state index contributed by atoms with van der Waals surface area (Å²) in [5.41, 5.74) is -0.622. The molecule has 1 amide bonds. The second-order valence-electron chi connectivity index (χ2n) is 4.58. The van der Waals surface area contributed by atoms with Crippen LogP contribution in [0.1, 0.15) is 29.8 Å². The first-order valence-electron chi connectivity index (χ1n) is 6.30. The van der Waals surface area contributed by atoms with Gasteiger partial charge in [0.1, 0.15) is 12.2 Å². The van der Waals surface area contributed by atoms with Gasteiger partial charge in [-0.25, -0.2) is 4.79 Å². The van der Waals surface area contributed by atoms with E-state index in [1.54, 1.807) is 4.90 Å². The maximum absolute atomic E-state index is 12.1. The van der Waals surface area contributed by atoms with Crippen molar-refractivity contribution >= 4 is 11.9 Å². The lowest BCUT2D eigenvalue weighted by Gasteiger charge is -2.27. The lowest BCUT2D eigenvalue weighted by Crippen LogP contribution is -2.40. The third kappa shape index (κ3) is 3.01. The van der Waals surface area contributed by atoms with Crippen LogP contribution in [0.2, 0.25) is 0 Å². The first kappa shape index (κ1) is 13.3. The maximum Gasteiger partial charge on any atom is 0.352 e. The lowest BCUT2D eigenvalue weighted by molar-refractivity contribution is -0.132. The molecule has 1 saturated heterocycles. The van der Waals surface area contributed by atoms with Gasteiger partial charge in [0, 0.05) is 19.2 Å². The quantitative estimate of drug-likeness (QED) is 0.865. The van der Waals surface area contributed by atoms with E-state index in [1.165, 1.54) is 18.2 Å². The normalized spacial score (nSPS) is 15.3. The third-order valence-electron chi connectivity index (χ3n) is 3.27. The fourth-order valence-electron chi connectivity index (χ4n) is 2.25. The molecule has 1 aromatic heterocycles. The van der Waals surface area contributed by atoms with Crippen molar-refractivity contribution in [3.63, 3.8) is 0 Å². The van der Waals surface area contributed by atoms with Gasteiger partial charge in [-0.15, -0.1) is 0 Å². The topological polar surface area (TPSA) is 79.6 Å². The number of nitrogens with zero attached hydrogens (tertiary/aromatic N) is 2. The Morgan fingerprint density at radius 1 is 1.16 bits per heavy atom. The Balaban J connectivity index is 2.20. The molecule has 2 heterocycles. The van der Waals surface area contributed by atoms with Gasteiger partial charge >= 0.3 is 5.97 Å². The first-order chi connectivity index (χ1) is 9.09. The van der Waals surface area contributed by atoms with Crippen LogP contribution in [0.3, 0.4) is 0 Å². The van der Waals surface area contributed by atoms with E-state index in [-0.39, 0.29) is 18.1 Å². The standard InChI is InChI=1S/C13H16N2O4/c16-11-6-4-5-10(13(18)19)15(11)9-12(17)14-7-2-1-3-8-14/h4-6H,1-3,7-9H2,(H,18,19). The minimum Gasteiger partial charge on any atom is -0.477 e. The van der Waals surface area contributed by atoms with Gasteiger partial charge in [0.2, 0.25) is 5.91 Å². The van der Waals surface area contributed by atoms with E-state index >= 15 is 0 Å². The predicted molar refractivity (Wildman–Crippen MR) is 68.1 cm³/mol. The number of carboxylic acid groups (broad SMARTS) is 1. The molecule has 0 aliphatic carbocycles. The van der Waals surface area contributed by atoms with E-state index in [1.807, 2.05) is 0 Å². The van der Waals surface area contributed by atoms with Gasteiger partial charge < -0.3 is 10.0 Å². The average molecular weight is 264 g/mol. The fourth-order valence-corrected chi connectivity index (χ4v) is 2.25. The molecule has 0 spiro atoms. The van der Waals surface area contributed by atoms with E-state index in [4.69, 9.17) is 5.11 Å². The number of hydrogen-bond donors (Lipinski definition) is 1. The molecule has 1 aromatic rings.